The van der Waals surface area contributed by atoms with Gasteiger partial charge in [-0.25, -0.2) is 0 Å². The first-order valence-electron chi connectivity index (χ1n) is 6.87. The third-order valence-corrected chi connectivity index (χ3v) is 3.21. The third kappa shape index (κ3) is 3.40. The van der Waals surface area contributed by atoms with Gasteiger partial charge in [0, 0.05) is 6.54 Å². The molecule has 1 aliphatic heterocycles. The first-order valence-corrected chi connectivity index (χ1v) is 6.87. The maximum Gasteiger partial charge on any atom is 0.312 e. The van der Waals surface area contributed by atoms with E-state index in [1.165, 1.54) is 5.56 Å². The van der Waals surface area contributed by atoms with Gasteiger partial charge in [0.25, 0.3) is 0 Å². The topological polar surface area (TPSA) is 47.6 Å². The predicted molar refractivity (Wildman–Crippen MR) is 74.5 cm³/mol. The number of rotatable bonds is 5. The molecule has 19 heavy (non-hydrogen) atoms. The highest BCUT2D eigenvalue weighted by molar-refractivity contribution is 5.72. The summed E-state index contributed by atoms with van der Waals surface area (Å²) in [6, 6.07) is 6.05. The van der Waals surface area contributed by atoms with Crippen molar-refractivity contribution in [3.8, 4) is 5.75 Å². The molecule has 1 unspecified atom stereocenters. The van der Waals surface area contributed by atoms with E-state index >= 15 is 0 Å². The van der Waals surface area contributed by atoms with Crippen LogP contribution in [0.15, 0.2) is 18.2 Å². The second-order valence-corrected chi connectivity index (χ2v) is 4.78. The molecule has 4 heteroatoms. The Labute approximate surface area is 114 Å². The highest BCUT2D eigenvalue weighted by atomic mass is 16.5. The molecule has 1 atom stereocenters. The highest BCUT2D eigenvalue weighted by Crippen LogP contribution is 2.32. The lowest BCUT2D eigenvalue weighted by Crippen LogP contribution is -2.22. The van der Waals surface area contributed by atoms with E-state index in [1.54, 1.807) is 0 Å². The van der Waals surface area contributed by atoms with Crippen molar-refractivity contribution in [1.29, 1.82) is 0 Å². The Morgan fingerprint density at radius 3 is 3.11 bits per heavy atom. The number of para-hydroxylation sites is 1. The Kier molecular flexibility index (Phi) is 4.66. The molecule has 2 rings (SSSR count). The van der Waals surface area contributed by atoms with Gasteiger partial charge < -0.3 is 14.8 Å². The van der Waals surface area contributed by atoms with Gasteiger partial charge in [-0.1, -0.05) is 12.1 Å². The van der Waals surface area contributed by atoms with Crippen molar-refractivity contribution in [2.24, 2.45) is 5.92 Å². The van der Waals surface area contributed by atoms with Gasteiger partial charge in [0.15, 0.2) is 0 Å². The molecule has 0 saturated heterocycles. The van der Waals surface area contributed by atoms with Gasteiger partial charge in [-0.2, -0.15) is 0 Å². The first-order chi connectivity index (χ1) is 9.22. The summed E-state index contributed by atoms with van der Waals surface area (Å²) in [6.07, 6.45) is 2.22. The largest absolute Gasteiger partial charge is 0.491 e. The average Bonchev–Trinajstić information content (AvgIpc) is 2.45. The average molecular weight is 263 g/mol. The number of hydrogen-bond acceptors (Lipinski definition) is 4. The van der Waals surface area contributed by atoms with E-state index in [4.69, 9.17) is 9.47 Å². The van der Waals surface area contributed by atoms with E-state index < -0.39 is 0 Å². The maximum absolute atomic E-state index is 11.5. The van der Waals surface area contributed by atoms with E-state index in [0.29, 0.717) is 13.2 Å². The van der Waals surface area contributed by atoms with Crippen LogP contribution in [0.1, 0.15) is 25.8 Å². The minimum absolute atomic E-state index is 0.208. The normalized spacial score (nSPS) is 15.1. The predicted octanol–water partition coefficient (Wildman–Crippen LogP) is 2.62. The summed E-state index contributed by atoms with van der Waals surface area (Å²) >= 11 is 0. The van der Waals surface area contributed by atoms with Crippen molar-refractivity contribution >= 4 is 11.7 Å². The fourth-order valence-electron chi connectivity index (χ4n) is 2.17. The van der Waals surface area contributed by atoms with Crippen LogP contribution >= 0.6 is 0 Å². The molecule has 4 nitrogen and oxygen atoms in total. The van der Waals surface area contributed by atoms with E-state index in [0.717, 1.165) is 30.8 Å². The molecule has 104 valence electrons. The van der Waals surface area contributed by atoms with E-state index in [1.807, 2.05) is 26.0 Å². The fourth-order valence-corrected chi connectivity index (χ4v) is 2.17. The first kappa shape index (κ1) is 13.7. The lowest BCUT2D eigenvalue weighted by Gasteiger charge is -2.22. The van der Waals surface area contributed by atoms with Crippen LogP contribution in [0.25, 0.3) is 0 Å². The smallest absolute Gasteiger partial charge is 0.312 e. The van der Waals surface area contributed by atoms with Crippen LogP contribution in [0.2, 0.25) is 0 Å². The van der Waals surface area contributed by atoms with E-state index in [-0.39, 0.29) is 11.9 Å². The molecule has 1 aromatic rings. The van der Waals surface area contributed by atoms with Gasteiger partial charge in [-0.15, -0.1) is 0 Å². The summed E-state index contributed by atoms with van der Waals surface area (Å²) in [5, 5.41) is 3.37. The molecule has 1 heterocycles. The van der Waals surface area contributed by atoms with Crippen LogP contribution in [0.4, 0.5) is 5.69 Å². The standard InChI is InChI=1S/C15H21NO3/c1-3-18-15(17)11(2)10-19-13-8-4-6-12-7-5-9-16-14(12)13/h4,6,8,11,16H,3,5,7,9-10H2,1-2H3. The maximum atomic E-state index is 11.5. The molecule has 0 spiro atoms. The Balaban J connectivity index is 1.98. The van der Waals surface area contributed by atoms with Crippen molar-refractivity contribution < 1.29 is 14.3 Å². The minimum Gasteiger partial charge on any atom is -0.491 e. The molecule has 0 aliphatic carbocycles. The summed E-state index contributed by atoms with van der Waals surface area (Å²) in [4.78, 5) is 11.5. The van der Waals surface area contributed by atoms with Gasteiger partial charge in [-0.3, -0.25) is 4.79 Å². The lowest BCUT2D eigenvalue weighted by molar-refractivity contribution is -0.148. The number of hydrogen-bond donors (Lipinski definition) is 1. The zero-order valence-corrected chi connectivity index (χ0v) is 11.6. The second kappa shape index (κ2) is 6.45. The van der Waals surface area contributed by atoms with Crippen molar-refractivity contribution in [2.75, 3.05) is 25.1 Å². The molecule has 1 N–H and O–H groups in total. The van der Waals surface area contributed by atoms with Crippen molar-refractivity contribution in [3.63, 3.8) is 0 Å². The summed E-state index contributed by atoms with van der Waals surface area (Å²) in [5.74, 6) is 0.369. The summed E-state index contributed by atoms with van der Waals surface area (Å²) in [7, 11) is 0. The fraction of sp³-hybridized carbons (Fsp3) is 0.533. The van der Waals surface area contributed by atoms with Crippen LogP contribution in [0.5, 0.6) is 5.75 Å². The quantitative estimate of drug-likeness (QED) is 0.830. The van der Waals surface area contributed by atoms with Crippen molar-refractivity contribution in [1.82, 2.24) is 0 Å². The Morgan fingerprint density at radius 1 is 1.47 bits per heavy atom. The number of fused-ring (bicyclic) bond motifs is 1. The number of carbonyl (C=O) groups excluding carboxylic acids is 1. The SMILES string of the molecule is CCOC(=O)C(C)COc1cccc2c1NCCC2. The molecule has 0 bridgehead atoms. The van der Waals surface area contributed by atoms with Gasteiger partial charge >= 0.3 is 5.97 Å². The molecule has 1 aliphatic rings. The Hall–Kier alpha value is -1.71. The molecule has 0 fully saturated rings. The molecule has 0 amide bonds. The number of ether oxygens (including phenoxy) is 2. The number of aryl methyl sites for hydroxylation is 1. The van der Waals surface area contributed by atoms with E-state index in [9.17, 15) is 4.79 Å². The van der Waals surface area contributed by atoms with Crippen molar-refractivity contribution in [2.45, 2.75) is 26.7 Å². The molecule has 0 radical (unpaired) electrons. The zero-order valence-electron chi connectivity index (χ0n) is 11.6. The summed E-state index contributed by atoms with van der Waals surface area (Å²) < 4.78 is 10.7. The number of esters is 1. The van der Waals surface area contributed by atoms with Gasteiger partial charge in [0.2, 0.25) is 0 Å². The highest BCUT2D eigenvalue weighted by Gasteiger charge is 2.17. The summed E-state index contributed by atoms with van der Waals surface area (Å²) in [5.41, 5.74) is 2.36. The number of benzene rings is 1. The Bertz CT molecular complexity index is 445. The zero-order chi connectivity index (χ0) is 13.7. The van der Waals surface area contributed by atoms with Crippen LogP contribution in [0.3, 0.4) is 0 Å². The molecule has 1 aromatic carbocycles. The molecular formula is C15H21NO3. The minimum atomic E-state index is -0.251. The number of anilines is 1. The lowest BCUT2D eigenvalue weighted by atomic mass is 10.0. The monoisotopic (exact) mass is 263 g/mol. The van der Waals surface area contributed by atoms with Gasteiger partial charge in [0.1, 0.15) is 12.4 Å². The second-order valence-electron chi connectivity index (χ2n) is 4.78. The van der Waals surface area contributed by atoms with Gasteiger partial charge in [-0.05, 0) is 38.3 Å². The van der Waals surface area contributed by atoms with Crippen LogP contribution in [0, 0.1) is 5.92 Å². The van der Waals surface area contributed by atoms with Crippen LogP contribution < -0.4 is 10.1 Å². The molecule has 0 aromatic heterocycles. The molecular weight excluding hydrogens is 242 g/mol. The Morgan fingerprint density at radius 2 is 2.32 bits per heavy atom. The number of nitrogens with one attached hydrogen (secondary N) is 1. The van der Waals surface area contributed by atoms with E-state index in [2.05, 4.69) is 11.4 Å². The van der Waals surface area contributed by atoms with Crippen molar-refractivity contribution in [3.05, 3.63) is 23.8 Å². The number of carbonyl (C=O) groups is 1. The van der Waals surface area contributed by atoms with Crippen LogP contribution in [-0.4, -0.2) is 25.7 Å². The third-order valence-electron chi connectivity index (χ3n) is 3.21. The molecule has 0 saturated carbocycles. The summed E-state index contributed by atoms with van der Waals surface area (Å²) in [6.45, 7) is 5.35. The van der Waals surface area contributed by atoms with Gasteiger partial charge in [0.05, 0.1) is 18.2 Å². The van der Waals surface area contributed by atoms with Crippen LogP contribution in [-0.2, 0) is 16.0 Å².